The Labute approximate surface area is 158 Å². The van der Waals surface area contributed by atoms with Gasteiger partial charge in [-0.25, -0.2) is 4.79 Å². The highest BCUT2D eigenvalue weighted by Crippen LogP contribution is 2.19. The SMILES string of the molecule is CC(C)N1CCC[C@H]1CNC(=O)N1CCN(CCc2ccccc2)CC1. The van der Waals surface area contributed by atoms with Crippen LogP contribution >= 0.6 is 0 Å². The molecular weight excluding hydrogens is 324 g/mol. The Kier molecular flexibility index (Phi) is 6.92. The van der Waals surface area contributed by atoms with Crippen LogP contribution in [0.2, 0.25) is 0 Å². The summed E-state index contributed by atoms with van der Waals surface area (Å²) in [5, 5.41) is 3.18. The molecule has 2 aliphatic heterocycles. The molecule has 2 amide bonds. The summed E-state index contributed by atoms with van der Waals surface area (Å²) in [5.41, 5.74) is 1.39. The van der Waals surface area contributed by atoms with Crippen LogP contribution in [0.3, 0.4) is 0 Å². The second kappa shape index (κ2) is 9.38. The van der Waals surface area contributed by atoms with E-state index in [0.29, 0.717) is 12.1 Å². The maximum atomic E-state index is 12.5. The van der Waals surface area contributed by atoms with E-state index < -0.39 is 0 Å². The van der Waals surface area contributed by atoms with Gasteiger partial charge in [-0.1, -0.05) is 30.3 Å². The Bertz CT molecular complexity index is 554. The highest BCUT2D eigenvalue weighted by Gasteiger charge is 2.28. The summed E-state index contributed by atoms with van der Waals surface area (Å²) in [4.78, 5) is 19.5. The van der Waals surface area contributed by atoms with Gasteiger partial charge in [-0.15, -0.1) is 0 Å². The number of amides is 2. The van der Waals surface area contributed by atoms with E-state index in [0.717, 1.165) is 52.2 Å². The van der Waals surface area contributed by atoms with E-state index >= 15 is 0 Å². The molecule has 5 heteroatoms. The predicted molar refractivity (Wildman–Crippen MR) is 106 cm³/mol. The summed E-state index contributed by atoms with van der Waals surface area (Å²) in [6.07, 6.45) is 3.53. The van der Waals surface area contributed by atoms with Gasteiger partial charge in [0.15, 0.2) is 0 Å². The van der Waals surface area contributed by atoms with E-state index in [1.807, 2.05) is 4.90 Å². The third-order valence-electron chi connectivity index (χ3n) is 5.79. The van der Waals surface area contributed by atoms with Crippen molar-refractivity contribution in [3.05, 3.63) is 35.9 Å². The second-order valence-corrected chi connectivity index (χ2v) is 7.88. The average molecular weight is 359 g/mol. The summed E-state index contributed by atoms with van der Waals surface area (Å²) in [7, 11) is 0. The Hall–Kier alpha value is -1.59. The smallest absolute Gasteiger partial charge is 0.317 e. The maximum Gasteiger partial charge on any atom is 0.317 e. The number of benzene rings is 1. The van der Waals surface area contributed by atoms with Crippen LogP contribution in [0, 0.1) is 0 Å². The Morgan fingerprint density at radius 3 is 2.54 bits per heavy atom. The van der Waals surface area contributed by atoms with E-state index in [9.17, 15) is 4.79 Å². The van der Waals surface area contributed by atoms with Crippen molar-refractivity contribution in [2.45, 2.75) is 45.2 Å². The fourth-order valence-corrected chi connectivity index (χ4v) is 4.18. The van der Waals surface area contributed by atoms with Crippen LogP contribution in [-0.4, -0.2) is 78.6 Å². The number of carbonyl (C=O) groups is 1. The third-order valence-corrected chi connectivity index (χ3v) is 5.79. The van der Waals surface area contributed by atoms with Crippen molar-refractivity contribution < 1.29 is 4.79 Å². The van der Waals surface area contributed by atoms with Crippen molar-refractivity contribution in [1.82, 2.24) is 20.0 Å². The molecule has 1 aromatic rings. The first-order chi connectivity index (χ1) is 12.6. The van der Waals surface area contributed by atoms with Crippen LogP contribution in [0.15, 0.2) is 30.3 Å². The summed E-state index contributed by atoms with van der Waals surface area (Å²) in [6.45, 7) is 11.1. The Balaban J connectivity index is 1.35. The molecule has 0 spiro atoms. The molecule has 2 aliphatic rings. The van der Waals surface area contributed by atoms with Gasteiger partial charge in [-0.2, -0.15) is 0 Å². The number of rotatable bonds is 6. The molecule has 3 rings (SSSR count). The summed E-state index contributed by atoms with van der Waals surface area (Å²) in [6, 6.07) is 11.8. The van der Waals surface area contributed by atoms with Crippen LogP contribution in [0.4, 0.5) is 4.79 Å². The topological polar surface area (TPSA) is 38.8 Å². The number of nitrogens with one attached hydrogen (secondary N) is 1. The molecule has 0 saturated carbocycles. The third kappa shape index (κ3) is 5.21. The van der Waals surface area contributed by atoms with E-state index in [4.69, 9.17) is 0 Å². The van der Waals surface area contributed by atoms with Gasteiger partial charge >= 0.3 is 6.03 Å². The average Bonchev–Trinajstić information content (AvgIpc) is 3.15. The first kappa shape index (κ1) is 19.2. The number of carbonyl (C=O) groups excluding carboxylic acids is 1. The molecule has 0 unspecified atom stereocenters. The number of urea groups is 1. The van der Waals surface area contributed by atoms with Crippen molar-refractivity contribution in [3.8, 4) is 0 Å². The highest BCUT2D eigenvalue weighted by molar-refractivity contribution is 5.74. The molecule has 1 aromatic carbocycles. The van der Waals surface area contributed by atoms with Gasteiger partial charge in [-0.3, -0.25) is 9.80 Å². The zero-order valence-corrected chi connectivity index (χ0v) is 16.4. The molecule has 1 atom stereocenters. The molecule has 2 heterocycles. The molecule has 26 heavy (non-hydrogen) atoms. The monoisotopic (exact) mass is 358 g/mol. The summed E-state index contributed by atoms with van der Waals surface area (Å²) < 4.78 is 0. The first-order valence-corrected chi connectivity index (χ1v) is 10.2. The second-order valence-electron chi connectivity index (χ2n) is 7.88. The minimum absolute atomic E-state index is 0.114. The lowest BCUT2D eigenvalue weighted by atomic mass is 10.1. The van der Waals surface area contributed by atoms with Crippen molar-refractivity contribution in [1.29, 1.82) is 0 Å². The molecule has 0 bridgehead atoms. The molecular formula is C21H34N4O. The van der Waals surface area contributed by atoms with E-state index in [1.165, 1.54) is 18.4 Å². The van der Waals surface area contributed by atoms with Crippen LogP contribution in [0.5, 0.6) is 0 Å². The molecule has 1 N–H and O–H groups in total. The van der Waals surface area contributed by atoms with E-state index in [-0.39, 0.29) is 6.03 Å². The van der Waals surface area contributed by atoms with Gasteiger partial charge in [0.2, 0.25) is 0 Å². The quantitative estimate of drug-likeness (QED) is 0.849. The summed E-state index contributed by atoms with van der Waals surface area (Å²) in [5.74, 6) is 0. The number of hydrogen-bond donors (Lipinski definition) is 1. The zero-order chi connectivity index (χ0) is 18.4. The van der Waals surface area contributed by atoms with Crippen LogP contribution in [0.1, 0.15) is 32.3 Å². The number of likely N-dealkylation sites (tertiary alicyclic amines) is 1. The predicted octanol–water partition coefficient (Wildman–Crippen LogP) is 2.43. The number of piperazine rings is 1. The lowest BCUT2D eigenvalue weighted by Gasteiger charge is -2.35. The lowest BCUT2D eigenvalue weighted by molar-refractivity contribution is 0.136. The number of hydrogen-bond acceptors (Lipinski definition) is 3. The van der Waals surface area contributed by atoms with Crippen molar-refractivity contribution in [3.63, 3.8) is 0 Å². The Morgan fingerprint density at radius 1 is 1.12 bits per heavy atom. The van der Waals surface area contributed by atoms with Crippen molar-refractivity contribution >= 4 is 6.03 Å². The summed E-state index contributed by atoms with van der Waals surface area (Å²) >= 11 is 0. The zero-order valence-electron chi connectivity index (χ0n) is 16.4. The van der Waals surface area contributed by atoms with Gasteiger partial charge < -0.3 is 10.2 Å². The maximum absolute atomic E-state index is 12.5. The van der Waals surface area contributed by atoms with Crippen molar-refractivity contribution in [2.75, 3.05) is 45.8 Å². The molecule has 5 nitrogen and oxygen atoms in total. The van der Waals surface area contributed by atoms with Crippen LogP contribution < -0.4 is 5.32 Å². The van der Waals surface area contributed by atoms with Gasteiger partial charge in [0.25, 0.3) is 0 Å². The van der Waals surface area contributed by atoms with E-state index in [1.54, 1.807) is 0 Å². The fourth-order valence-electron chi connectivity index (χ4n) is 4.18. The standard InChI is InChI=1S/C21H34N4O/c1-18(2)25-11-6-9-20(25)17-22-21(26)24-15-13-23(14-16-24)12-10-19-7-4-3-5-8-19/h3-5,7-8,18,20H,6,9-17H2,1-2H3,(H,22,26)/t20-/m0/s1. The minimum atomic E-state index is 0.114. The molecule has 0 aliphatic carbocycles. The van der Waals surface area contributed by atoms with Crippen LogP contribution in [-0.2, 0) is 6.42 Å². The molecule has 144 valence electrons. The molecule has 2 saturated heterocycles. The molecule has 0 radical (unpaired) electrons. The first-order valence-electron chi connectivity index (χ1n) is 10.2. The van der Waals surface area contributed by atoms with Crippen LogP contribution in [0.25, 0.3) is 0 Å². The van der Waals surface area contributed by atoms with Gasteiger partial charge in [0.1, 0.15) is 0 Å². The van der Waals surface area contributed by atoms with Gasteiger partial charge in [0.05, 0.1) is 0 Å². The van der Waals surface area contributed by atoms with E-state index in [2.05, 4.69) is 59.3 Å². The fraction of sp³-hybridized carbons (Fsp3) is 0.667. The highest BCUT2D eigenvalue weighted by atomic mass is 16.2. The van der Waals surface area contributed by atoms with Crippen molar-refractivity contribution in [2.24, 2.45) is 0 Å². The Morgan fingerprint density at radius 2 is 1.85 bits per heavy atom. The number of nitrogens with zero attached hydrogens (tertiary/aromatic N) is 3. The minimum Gasteiger partial charge on any atom is -0.336 e. The normalized spacial score (nSPS) is 22.1. The largest absolute Gasteiger partial charge is 0.336 e. The molecule has 2 fully saturated rings. The van der Waals surface area contributed by atoms with Gasteiger partial charge in [-0.05, 0) is 45.2 Å². The van der Waals surface area contributed by atoms with Gasteiger partial charge in [0, 0.05) is 51.4 Å². The molecule has 0 aromatic heterocycles. The lowest BCUT2D eigenvalue weighted by Crippen LogP contribution is -2.53.